The van der Waals surface area contributed by atoms with Crippen LogP contribution < -0.4 is 4.72 Å². The van der Waals surface area contributed by atoms with Gasteiger partial charge in [-0.05, 0) is 11.1 Å². The molecule has 4 heteroatoms. The molecule has 0 aromatic heterocycles. The summed E-state index contributed by atoms with van der Waals surface area (Å²) in [6.07, 6.45) is 5.57. The van der Waals surface area contributed by atoms with E-state index in [1.165, 1.54) is 11.1 Å². The minimum Gasteiger partial charge on any atom is -0.242 e. The molecule has 68 valence electrons. The van der Waals surface area contributed by atoms with Crippen molar-refractivity contribution in [1.29, 1.82) is 0 Å². The predicted molar refractivity (Wildman–Crippen MR) is 52.2 cm³/mol. The zero-order chi connectivity index (χ0) is 9.90. The SMILES string of the molecule is C#CNS(C)(=O)=O.c1cc2ccc1-2. The van der Waals surface area contributed by atoms with Crippen LogP contribution in [0.5, 0.6) is 0 Å². The molecule has 0 heterocycles. The number of nitrogens with one attached hydrogen (secondary N) is 1. The van der Waals surface area contributed by atoms with Gasteiger partial charge in [0.15, 0.2) is 0 Å². The molecule has 0 aliphatic heterocycles. The van der Waals surface area contributed by atoms with Crippen molar-refractivity contribution in [2.45, 2.75) is 0 Å². The second-order valence-electron chi connectivity index (χ2n) is 2.60. The molecule has 2 aliphatic rings. The first-order valence-electron chi connectivity index (χ1n) is 3.56. The number of benzene rings is 1. The number of fused-ring (bicyclic) bond motifs is 1. The Labute approximate surface area is 77.8 Å². The molecule has 0 radical (unpaired) electrons. The molecular formula is C9H9NO2S. The number of rotatable bonds is 1. The van der Waals surface area contributed by atoms with E-state index < -0.39 is 10.0 Å². The number of hydrogen-bond acceptors (Lipinski definition) is 2. The molecule has 0 saturated carbocycles. The van der Waals surface area contributed by atoms with E-state index in [1.54, 1.807) is 10.8 Å². The molecule has 13 heavy (non-hydrogen) atoms. The molecule has 0 aromatic rings. The van der Waals surface area contributed by atoms with E-state index in [4.69, 9.17) is 0 Å². The molecule has 0 aromatic carbocycles. The van der Waals surface area contributed by atoms with Gasteiger partial charge in [0, 0.05) is 6.04 Å². The van der Waals surface area contributed by atoms with E-state index in [9.17, 15) is 8.42 Å². The normalized spacial score (nSPS) is 10.5. The van der Waals surface area contributed by atoms with Crippen LogP contribution in [0, 0.1) is 12.5 Å². The molecule has 0 fully saturated rings. The van der Waals surface area contributed by atoms with Crippen LogP contribution in [0.2, 0.25) is 0 Å². The van der Waals surface area contributed by atoms with E-state index in [-0.39, 0.29) is 0 Å². The minimum absolute atomic E-state index is 0.993. The Hall–Kier alpha value is -1.47. The lowest BCUT2D eigenvalue weighted by molar-refractivity contribution is 0.598. The molecule has 0 bridgehead atoms. The molecule has 0 unspecified atom stereocenters. The van der Waals surface area contributed by atoms with Crippen LogP contribution in [0.1, 0.15) is 0 Å². The minimum atomic E-state index is -3.16. The number of sulfonamides is 1. The summed E-state index contributed by atoms with van der Waals surface area (Å²) < 4.78 is 21.7. The summed E-state index contributed by atoms with van der Waals surface area (Å²) in [5, 5.41) is 0. The van der Waals surface area contributed by atoms with Crippen LogP contribution in [0.4, 0.5) is 0 Å². The third-order valence-corrected chi connectivity index (χ3v) is 1.95. The number of terminal acetylenes is 1. The van der Waals surface area contributed by atoms with Gasteiger partial charge in [-0.2, -0.15) is 0 Å². The standard InChI is InChI=1S/C6H4.C3H5NO2S/c1-2-6-4-3-5(1)6;1-3-4-7(2,5)6/h1-4H;1,4H,2H3. The summed E-state index contributed by atoms with van der Waals surface area (Å²) >= 11 is 0. The third kappa shape index (κ3) is 2.80. The van der Waals surface area contributed by atoms with E-state index in [0.29, 0.717) is 0 Å². The van der Waals surface area contributed by atoms with Crippen LogP contribution in [-0.4, -0.2) is 14.7 Å². The summed E-state index contributed by atoms with van der Waals surface area (Å²) in [6, 6.07) is 10.3. The van der Waals surface area contributed by atoms with E-state index >= 15 is 0 Å². The fourth-order valence-electron chi connectivity index (χ4n) is 0.770. The lowest BCUT2D eigenvalue weighted by atomic mass is 9.95. The first-order chi connectivity index (χ1) is 6.03. The lowest BCUT2D eigenvalue weighted by Gasteiger charge is -2.10. The summed E-state index contributed by atoms with van der Waals surface area (Å²) in [4.78, 5) is 0. The highest BCUT2D eigenvalue weighted by molar-refractivity contribution is 7.88. The van der Waals surface area contributed by atoms with Crippen molar-refractivity contribution in [1.82, 2.24) is 4.72 Å². The highest BCUT2D eigenvalue weighted by Crippen LogP contribution is 2.29. The Morgan fingerprint density at radius 3 is 1.62 bits per heavy atom. The molecule has 1 N–H and O–H groups in total. The molecule has 2 rings (SSSR count). The van der Waals surface area contributed by atoms with Crippen LogP contribution in [0.15, 0.2) is 24.3 Å². The fourth-order valence-corrected chi connectivity index (χ4v) is 0.984. The first-order valence-corrected chi connectivity index (χ1v) is 5.45. The van der Waals surface area contributed by atoms with Crippen LogP contribution in [-0.2, 0) is 10.0 Å². The second kappa shape index (κ2) is 3.50. The van der Waals surface area contributed by atoms with Gasteiger partial charge in [-0.1, -0.05) is 30.7 Å². The quantitative estimate of drug-likeness (QED) is 0.540. The molecule has 0 spiro atoms. The van der Waals surface area contributed by atoms with Gasteiger partial charge in [0.1, 0.15) is 0 Å². The fraction of sp³-hybridized carbons (Fsp3) is 0.111. The van der Waals surface area contributed by atoms with Crippen molar-refractivity contribution in [2.75, 3.05) is 6.26 Å². The van der Waals surface area contributed by atoms with Crippen LogP contribution in [0.3, 0.4) is 0 Å². The van der Waals surface area contributed by atoms with Crippen molar-refractivity contribution in [3.05, 3.63) is 24.3 Å². The van der Waals surface area contributed by atoms with Crippen molar-refractivity contribution in [2.24, 2.45) is 0 Å². The molecule has 2 aliphatic carbocycles. The third-order valence-electron chi connectivity index (χ3n) is 1.46. The monoisotopic (exact) mass is 195 g/mol. The maximum atomic E-state index is 9.98. The maximum absolute atomic E-state index is 9.98. The average Bonchev–Trinajstić information content (AvgIpc) is 1.95. The Morgan fingerprint density at radius 1 is 1.23 bits per heavy atom. The van der Waals surface area contributed by atoms with Gasteiger partial charge in [0.05, 0.1) is 6.26 Å². The lowest BCUT2D eigenvalue weighted by Crippen LogP contribution is -2.14. The molecule has 0 atom stereocenters. The average molecular weight is 195 g/mol. The Kier molecular flexibility index (Phi) is 2.59. The smallest absolute Gasteiger partial charge is 0.236 e. The van der Waals surface area contributed by atoms with E-state index in [0.717, 1.165) is 6.26 Å². The topological polar surface area (TPSA) is 46.2 Å². The van der Waals surface area contributed by atoms with Gasteiger partial charge in [0.25, 0.3) is 0 Å². The van der Waals surface area contributed by atoms with Gasteiger partial charge in [-0.15, -0.1) is 0 Å². The van der Waals surface area contributed by atoms with Gasteiger partial charge in [-0.3, -0.25) is 0 Å². The first kappa shape index (κ1) is 9.62. The van der Waals surface area contributed by atoms with Crippen molar-refractivity contribution >= 4 is 10.0 Å². The van der Waals surface area contributed by atoms with Crippen molar-refractivity contribution < 1.29 is 8.42 Å². The van der Waals surface area contributed by atoms with Gasteiger partial charge >= 0.3 is 0 Å². The Bertz CT molecular complexity index is 405. The summed E-state index contributed by atoms with van der Waals surface area (Å²) in [7, 11) is -3.16. The summed E-state index contributed by atoms with van der Waals surface area (Å²) in [5.74, 6) is 0. The Balaban J connectivity index is 0.000000130. The number of hydrogen-bond donors (Lipinski definition) is 1. The van der Waals surface area contributed by atoms with E-state index in [2.05, 4.69) is 30.7 Å². The van der Waals surface area contributed by atoms with Gasteiger partial charge in [0.2, 0.25) is 10.0 Å². The second-order valence-corrected chi connectivity index (χ2v) is 4.34. The van der Waals surface area contributed by atoms with Crippen molar-refractivity contribution in [3.63, 3.8) is 0 Å². The zero-order valence-electron chi connectivity index (χ0n) is 7.11. The molecule has 0 amide bonds. The highest BCUT2D eigenvalue weighted by atomic mass is 32.2. The van der Waals surface area contributed by atoms with Gasteiger partial charge < -0.3 is 0 Å². The highest BCUT2D eigenvalue weighted by Gasteiger charge is 2.03. The Morgan fingerprint density at radius 2 is 1.62 bits per heavy atom. The predicted octanol–water partition coefficient (Wildman–Crippen LogP) is 0.793. The summed E-state index contributed by atoms with van der Waals surface area (Å²) in [6.45, 7) is 0. The molecule has 0 saturated heterocycles. The summed E-state index contributed by atoms with van der Waals surface area (Å²) in [5.41, 5.74) is 2.85. The largest absolute Gasteiger partial charge is 0.242 e. The molecular weight excluding hydrogens is 186 g/mol. The zero-order valence-corrected chi connectivity index (χ0v) is 7.93. The van der Waals surface area contributed by atoms with E-state index in [1.807, 2.05) is 0 Å². The van der Waals surface area contributed by atoms with Crippen LogP contribution in [0.25, 0.3) is 11.1 Å². The van der Waals surface area contributed by atoms with Gasteiger partial charge in [-0.25, -0.2) is 13.1 Å². The van der Waals surface area contributed by atoms with Crippen LogP contribution >= 0.6 is 0 Å². The van der Waals surface area contributed by atoms with Crippen molar-refractivity contribution in [3.8, 4) is 23.6 Å². The molecule has 3 nitrogen and oxygen atoms in total. The maximum Gasteiger partial charge on any atom is 0.236 e.